The van der Waals surface area contributed by atoms with Gasteiger partial charge in [-0.1, -0.05) is 0 Å². The van der Waals surface area contributed by atoms with Crippen LogP contribution in [0.1, 0.15) is 43.5 Å². The molecule has 2 atom stereocenters. The van der Waals surface area contributed by atoms with Crippen molar-refractivity contribution in [3.8, 4) is 22.3 Å². The molecule has 6 aromatic carbocycles. The summed E-state index contributed by atoms with van der Waals surface area (Å²) >= 11 is -3.07. The first kappa shape index (κ1) is 26.6. The van der Waals surface area contributed by atoms with E-state index in [1.54, 1.807) is 22.3 Å². The fraction of sp³-hybridized carbons (Fsp3) is 0.163. The predicted molar refractivity (Wildman–Crippen MR) is 186 cm³/mol. The van der Waals surface area contributed by atoms with Crippen molar-refractivity contribution >= 4 is 33.7 Å². The molecule has 6 aromatic rings. The monoisotopic (exact) mass is 732 g/mol. The zero-order chi connectivity index (χ0) is 29.8. The molecule has 0 spiro atoms. The number of benzene rings is 6. The van der Waals surface area contributed by atoms with E-state index in [0.29, 0.717) is 7.35 Å². The molecule has 1 aliphatic heterocycles. The second kappa shape index (κ2) is 9.35. The molecule has 0 N–H and O–H groups in total. The Morgan fingerprint density at radius 1 is 0.477 bits per heavy atom. The van der Waals surface area contributed by atoms with Crippen LogP contribution in [0, 0.1) is 5.41 Å². The van der Waals surface area contributed by atoms with Crippen LogP contribution in [0.2, 0.25) is 9.36 Å². The van der Waals surface area contributed by atoms with E-state index in [-0.39, 0.29) is 5.41 Å². The van der Waals surface area contributed by atoms with Crippen LogP contribution < -0.4 is 0 Å². The quantitative estimate of drug-likeness (QED) is 0.156. The first-order valence-electron chi connectivity index (χ1n) is 16.0. The number of allylic oxidation sites excluding steroid dienone is 2. The fourth-order valence-corrected chi connectivity index (χ4v) is 26.8. The summed E-state index contributed by atoms with van der Waals surface area (Å²) in [6, 6.07) is 45.7. The van der Waals surface area contributed by atoms with Gasteiger partial charge in [-0.15, -0.1) is 0 Å². The minimum absolute atomic E-state index is 0.00417. The SMILES string of the molecule is CC1(C)C2=Cc3c(-c4ccc5ccccc5c4)cccc3[CH]2[Hf]([CH3])([CH3])[CH]2C1=Cc1c(-c3ccc4ccccc4c3)cccc12. The van der Waals surface area contributed by atoms with Gasteiger partial charge in [0.25, 0.3) is 0 Å². The van der Waals surface area contributed by atoms with Gasteiger partial charge < -0.3 is 0 Å². The van der Waals surface area contributed by atoms with E-state index in [9.17, 15) is 0 Å². The molecule has 0 amide bonds. The van der Waals surface area contributed by atoms with E-state index in [4.69, 9.17) is 0 Å². The minimum atomic E-state index is -3.07. The Kier molecular flexibility index (Phi) is 5.65. The zero-order valence-corrected chi connectivity index (χ0v) is 29.4. The summed E-state index contributed by atoms with van der Waals surface area (Å²) < 4.78 is 6.67. The molecule has 2 unspecified atom stereocenters. The van der Waals surface area contributed by atoms with Crippen molar-refractivity contribution in [1.29, 1.82) is 0 Å². The average molecular weight is 731 g/mol. The molecule has 2 aliphatic carbocycles. The maximum absolute atomic E-state index is 3.07. The Balaban J connectivity index is 1.21. The Morgan fingerprint density at radius 3 is 1.36 bits per heavy atom. The molecule has 1 heterocycles. The molecule has 0 bridgehead atoms. The summed E-state index contributed by atoms with van der Waals surface area (Å²) in [5.41, 5.74) is 14.9. The third kappa shape index (κ3) is 3.66. The fourth-order valence-electron chi connectivity index (χ4n) is 9.04. The van der Waals surface area contributed by atoms with Gasteiger partial charge in [-0.05, 0) is 0 Å². The molecule has 9 rings (SSSR count). The van der Waals surface area contributed by atoms with Crippen molar-refractivity contribution < 1.29 is 20.0 Å². The van der Waals surface area contributed by atoms with Crippen LogP contribution in [-0.4, -0.2) is 0 Å². The molecular weight excluding hydrogens is 695 g/mol. The number of hydrogen-bond acceptors (Lipinski definition) is 0. The van der Waals surface area contributed by atoms with Crippen molar-refractivity contribution in [2.24, 2.45) is 5.41 Å². The van der Waals surface area contributed by atoms with Gasteiger partial charge in [-0.25, -0.2) is 0 Å². The van der Waals surface area contributed by atoms with Gasteiger partial charge >= 0.3 is 267 Å². The first-order valence-corrected chi connectivity index (χ1v) is 27.3. The summed E-state index contributed by atoms with van der Waals surface area (Å²) in [7, 11) is 0. The van der Waals surface area contributed by atoms with Gasteiger partial charge in [0.05, 0.1) is 0 Å². The first-order chi connectivity index (χ1) is 21.3. The average Bonchev–Trinajstić information content (AvgIpc) is 3.66. The predicted octanol–water partition coefficient (Wildman–Crippen LogP) is 12.2. The van der Waals surface area contributed by atoms with Crippen LogP contribution in [0.5, 0.6) is 0 Å². The molecule has 3 aliphatic rings. The second-order valence-electron chi connectivity index (χ2n) is 14.3. The van der Waals surface area contributed by atoms with Crippen LogP contribution in [0.25, 0.3) is 56.0 Å². The van der Waals surface area contributed by atoms with E-state index in [0.717, 1.165) is 0 Å². The zero-order valence-electron chi connectivity index (χ0n) is 25.9. The van der Waals surface area contributed by atoms with Crippen molar-refractivity contribution in [3.63, 3.8) is 0 Å². The van der Waals surface area contributed by atoms with Crippen molar-refractivity contribution in [1.82, 2.24) is 0 Å². The van der Waals surface area contributed by atoms with Gasteiger partial charge in [0, 0.05) is 0 Å². The summed E-state index contributed by atoms with van der Waals surface area (Å²) in [4.78, 5) is 0. The van der Waals surface area contributed by atoms with Crippen LogP contribution in [0.15, 0.2) is 132 Å². The summed E-state index contributed by atoms with van der Waals surface area (Å²) in [6.07, 6.45) is 5.24. The van der Waals surface area contributed by atoms with Gasteiger partial charge in [0.1, 0.15) is 0 Å². The molecule has 1 fully saturated rings. The van der Waals surface area contributed by atoms with Crippen LogP contribution in [0.3, 0.4) is 0 Å². The van der Waals surface area contributed by atoms with E-state index in [1.807, 2.05) is 0 Å². The van der Waals surface area contributed by atoms with E-state index in [2.05, 4.69) is 157 Å². The van der Waals surface area contributed by atoms with Gasteiger partial charge in [-0.3, -0.25) is 0 Å². The summed E-state index contributed by atoms with van der Waals surface area (Å²) in [5, 5.41) is 5.22. The standard InChI is InChI=1S/C41H30.2CH3.Hf/c1-41(2,35-23-31-13-7-15-37(39(31)25-35)33-19-17-27-9-3-5-11-29(27)21-33)36-24-32-14-8-16-38(40(32)26-36)34-20-18-28-10-4-6-12-30(28)22-34;;;/h3-26H,1-2H3;2*1H3;. The Morgan fingerprint density at radius 2 is 0.909 bits per heavy atom. The summed E-state index contributed by atoms with van der Waals surface area (Å²) in [6.45, 7) is 5.02. The van der Waals surface area contributed by atoms with E-state index >= 15 is 0 Å². The second-order valence-corrected chi connectivity index (χ2v) is 31.5. The van der Waals surface area contributed by atoms with Crippen molar-refractivity contribution in [2.45, 2.75) is 30.6 Å². The van der Waals surface area contributed by atoms with Crippen LogP contribution in [-0.2, 0) is 20.0 Å². The number of rotatable bonds is 2. The van der Waals surface area contributed by atoms with Crippen molar-refractivity contribution in [2.75, 3.05) is 0 Å². The topological polar surface area (TPSA) is 0 Å². The van der Waals surface area contributed by atoms with Crippen LogP contribution in [0.4, 0.5) is 0 Å². The Hall–Kier alpha value is -3.81. The third-order valence-electron chi connectivity index (χ3n) is 11.2. The molecule has 212 valence electrons. The summed E-state index contributed by atoms with van der Waals surface area (Å²) in [5.74, 6) is 0. The van der Waals surface area contributed by atoms with E-state index < -0.39 is 20.0 Å². The molecular formula is C43H36Hf. The van der Waals surface area contributed by atoms with Gasteiger partial charge in [0.2, 0.25) is 0 Å². The molecule has 0 aromatic heterocycles. The molecule has 0 nitrogen and oxygen atoms in total. The van der Waals surface area contributed by atoms with Crippen LogP contribution >= 0.6 is 0 Å². The molecule has 0 radical (unpaired) electrons. The Bertz CT molecular complexity index is 2090. The Labute approximate surface area is 265 Å². The van der Waals surface area contributed by atoms with Gasteiger partial charge in [-0.2, -0.15) is 0 Å². The van der Waals surface area contributed by atoms with Crippen molar-refractivity contribution in [3.05, 3.63) is 155 Å². The third-order valence-corrected chi connectivity index (χ3v) is 26.3. The maximum atomic E-state index is 2.74. The number of fused-ring (bicyclic) bond motifs is 8. The molecule has 1 saturated heterocycles. The van der Waals surface area contributed by atoms with Gasteiger partial charge in [0.15, 0.2) is 0 Å². The number of hydrogen-bond donors (Lipinski definition) is 0. The molecule has 44 heavy (non-hydrogen) atoms. The molecule has 0 saturated carbocycles. The normalized spacial score (nSPS) is 20.5. The molecule has 1 heteroatoms. The van der Waals surface area contributed by atoms with E-state index in [1.165, 1.54) is 54.9 Å².